The Morgan fingerprint density at radius 3 is 3.43 bits per heavy atom. The van der Waals surface area contributed by atoms with Gasteiger partial charge >= 0.3 is 0 Å². The third-order valence-corrected chi connectivity index (χ3v) is 0.658. The van der Waals surface area contributed by atoms with Crippen molar-refractivity contribution >= 4 is 0 Å². The first-order valence-corrected chi connectivity index (χ1v) is 2.17. The van der Waals surface area contributed by atoms with E-state index in [1.807, 2.05) is 0 Å². The average molecular weight is 104 g/mol. The van der Waals surface area contributed by atoms with Gasteiger partial charge < -0.3 is 4.74 Å². The Bertz CT molecular complexity index is 30.5. The maximum Gasteiger partial charge on any atom is 0.168 e. The Labute approximate surface area is 41.7 Å². The molecule has 0 spiro atoms. The van der Waals surface area contributed by atoms with Crippen molar-refractivity contribution in [2.75, 3.05) is 19.9 Å². The first-order valence-electron chi connectivity index (χ1n) is 2.17. The summed E-state index contributed by atoms with van der Waals surface area (Å²) in [6.07, 6.45) is 0. The van der Waals surface area contributed by atoms with Gasteiger partial charge in [-0.25, -0.2) is 5.43 Å². The lowest BCUT2D eigenvalue weighted by Gasteiger charge is -1.95. The number of hydrogen-bond acceptors (Lipinski definition) is 4. The minimum Gasteiger partial charge on any atom is -0.352 e. The predicted molar refractivity (Wildman–Crippen MR) is 23.0 cm³/mol. The molecule has 1 fully saturated rings. The van der Waals surface area contributed by atoms with Gasteiger partial charge in [0.2, 0.25) is 0 Å². The molecule has 0 bridgehead atoms. The summed E-state index contributed by atoms with van der Waals surface area (Å²) in [5, 5.41) is 0. The second kappa shape index (κ2) is 2.92. The number of rotatable bonds is 0. The SMILES string of the molecule is C1COCONN1. The molecule has 0 aromatic rings. The van der Waals surface area contributed by atoms with E-state index < -0.39 is 0 Å². The first-order chi connectivity index (χ1) is 3.50. The number of ether oxygens (including phenoxy) is 1. The third-order valence-electron chi connectivity index (χ3n) is 0.658. The summed E-state index contributed by atoms with van der Waals surface area (Å²) in [5.74, 6) is 0. The highest BCUT2D eigenvalue weighted by atomic mass is 16.8. The normalized spacial score (nSPS) is 24.0. The van der Waals surface area contributed by atoms with Crippen LogP contribution < -0.4 is 11.0 Å². The number of hydrazine groups is 1. The van der Waals surface area contributed by atoms with Gasteiger partial charge in [0.1, 0.15) is 0 Å². The standard InChI is InChI=1S/C3H8N2O2/c1-2-6-3-7-5-4-1/h4-5H,1-3H2. The van der Waals surface area contributed by atoms with Gasteiger partial charge in [0.15, 0.2) is 6.79 Å². The minimum atomic E-state index is 0.326. The largest absolute Gasteiger partial charge is 0.352 e. The molecule has 4 nitrogen and oxygen atoms in total. The van der Waals surface area contributed by atoms with Gasteiger partial charge in [-0.2, -0.15) is 0 Å². The van der Waals surface area contributed by atoms with Crippen molar-refractivity contribution in [1.29, 1.82) is 0 Å². The van der Waals surface area contributed by atoms with E-state index >= 15 is 0 Å². The fraction of sp³-hybridized carbons (Fsp3) is 1.00. The molecular formula is C3H8N2O2. The third kappa shape index (κ3) is 1.84. The highest BCUT2D eigenvalue weighted by Crippen LogP contribution is 1.75. The van der Waals surface area contributed by atoms with Crippen molar-refractivity contribution in [2.24, 2.45) is 0 Å². The van der Waals surface area contributed by atoms with E-state index in [0.29, 0.717) is 13.4 Å². The summed E-state index contributed by atoms with van der Waals surface area (Å²) < 4.78 is 4.85. The van der Waals surface area contributed by atoms with Gasteiger partial charge in [0, 0.05) is 6.54 Å². The highest BCUT2D eigenvalue weighted by molar-refractivity contribution is 4.32. The molecule has 0 aromatic carbocycles. The smallest absolute Gasteiger partial charge is 0.168 e. The lowest BCUT2D eigenvalue weighted by molar-refractivity contribution is -0.0844. The molecule has 0 aromatic heterocycles. The van der Waals surface area contributed by atoms with E-state index in [0.717, 1.165) is 6.54 Å². The van der Waals surface area contributed by atoms with Crippen LogP contribution in [0.1, 0.15) is 0 Å². The summed E-state index contributed by atoms with van der Waals surface area (Å²) in [4.78, 5) is 4.61. The first kappa shape index (κ1) is 4.99. The summed E-state index contributed by atoms with van der Waals surface area (Å²) in [5.41, 5.74) is 5.22. The Morgan fingerprint density at radius 1 is 1.43 bits per heavy atom. The fourth-order valence-corrected chi connectivity index (χ4v) is 0.355. The van der Waals surface area contributed by atoms with Crippen molar-refractivity contribution in [3.8, 4) is 0 Å². The molecule has 1 heterocycles. The zero-order valence-electron chi connectivity index (χ0n) is 3.94. The van der Waals surface area contributed by atoms with Crippen LogP contribution in [-0.4, -0.2) is 19.9 Å². The molecule has 1 aliphatic rings. The summed E-state index contributed by atoms with van der Waals surface area (Å²) in [7, 11) is 0. The van der Waals surface area contributed by atoms with Crippen LogP contribution in [0.5, 0.6) is 0 Å². The van der Waals surface area contributed by atoms with Crippen molar-refractivity contribution in [2.45, 2.75) is 0 Å². The molecule has 1 rings (SSSR count). The van der Waals surface area contributed by atoms with Crippen LogP contribution in [0.3, 0.4) is 0 Å². The van der Waals surface area contributed by atoms with Gasteiger partial charge in [-0.3, -0.25) is 4.84 Å². The molecule has 2 N–H and O–H groups in total. The molecule has 0 saturated carbocycles. The molecule has 0 aliphatic carbocycles. The van der Waals surface area contributed by atoms with Crippen LogP contribution in [0.25, 0.3) is 0 Å². The summed E-state index contributed by atoms with van der Waals surface area (Å²) in [6.45, 7) is 1.82. The molecular weight excluding hydrogens is 96.0 g/mol. The van der Waals surface area contributed by atoms with E-state index in [1.165, 1.54) is 0 Å². The van der Waals surface area contributed by atoms with Crippen molar-refractivity contribution in [3.05, 3.63) is 0 Å². The molecule has 1 aliphatic heterocycles. The maximum atomic E-state index is 4.85. The Balaban J connectivity index is 2.04. The van der Waals surface area contributed by atoms with E-state index in [9.17, 15) is 0 Å². The molecule has 0 unspecified atom stereocenters. The topological polar surface area (TPSA) is 42.5 Å². The van der Waals surface area contributed by atoms with Gasteiger partial charge in [-0.15, -0.1) is 5.59 Å². The molecule has 0 atom stereocenters. The highest BCUT2D eigenvalue weighted by Gasteiger charge is 1.91. The summed E-state index contributed by atoms with van der Waals surface area (Å²) in [6, 6.07) is 0. The van der Waals surface area contributed by atoms with Crippen molar-refractivity contribution in [1.82, 2.24) is 11.0 Å². The van der Waals surface area contributed by atoms with Crippen LogP contribution in [-0.2, 0) is 9.57 Å². The quantitative estimate of drug-likeness (QED) is 0.413. The number of nitrogens with one attached hydrogen (secondary N) is 2. The van der Waals surface area contributed by atoms with Crippen molar-refractivity contribution in [3.63, 3.8) is 0 Å². The van der Waals surface area contributed by atoms with E-state index in [-0.39, 0.29) is 0 Å². The second-order valence-corrected chi connectivity index (χ2v) is 1.20. The molecule has 0 amide bonds. The van der Waals surface area contributed by atoms with Gasteiger partial charge in [0.05, 0.1) is 6.61 Å². The molecule has 0 radical (unpaired) electrons. The monoisotopic (exact) mass is 104 g/mol. The zero-order valence-corrected chi connectivity index (χ0v) is 3.94. The van der Waals surface area contributed by atoms with Crippen molar-refractivity contribution < 1.29 is 9.57 Å². The molecule has 7 heavy (non-hydrogen) atoms. The van der Waals surface area contributed by atoms with E-state index in [2.05, 4.69) is 15.9 Å². The van der Waals surface area contributed by atoms with Crippen LogP contribution in [0.4, 0.5) is 0 Å². The zero-order chi connectivity index (χ0) is 4.95. The van der Waals surface area contributed by atoms with Crippen LogP contribution >= 0.6 is 0 Å². The number of hydrogen-bond donors (Lipinski definition) is 2. The van der Waals surface area contributed by atoms with Gasteiger partial charge in [-0.05, 0) is 0 Å². The molecule has 4 heteroatoms. The molecule has 1 saturated heterocycles. The van der Waals surface area contributed by atoms with Gasteiger partial charge in [-0.1, -0.05) is 0 Å². The van der Waals surface area contributed by atoms with Crippen LogP contribution in [0.2, 0.25) is 0 Å². The Morgan fingerprint density at radius 2 is 2.43 bits per heavy atom. The van der Waals surface area contributed by atoms with E-state index in [1.54, 1.807) is 0 Å². The second-order valence-electron chi connectivity index (χ2n) is 1.20. The minimum absolute atomic E-state index is 0.326. The summed E-state index contributed by atoms with van der Waals surface area (Å²) >= 11 is 0. The van der Waals surface area contributed by atoms with Crippen LogP contribution in [0, 0.1) is 0 Å². The Kier molecular flexibility index (Phi) is 2.08. The lowest BCUT2D eigenvalue weighted by Crippen LogP contribution is -2.30. The van der Waals surface area contributed by atoms with E-state index in [4.69, 9.17) is 4.74 Å². The fourth-order valence-electron chi connectivity index (χ4n) is 0.355. The molecule has 42 valence electrons. The van der Waals surface area contributed by atoms with Crippen LogP contribution in [0.15, 0.2) is 0 Å². The Hall–Kier alpha value is -0.160. The lowest BCUT2D eigenvalue weighted by atomic mass is 10.7. The predicted octanol–water partition coefficient (Wildman–Crippen LogP) is -1.00. The average Bonchev–Trinajstić information content (AvgIpc) is 1.90. The maximum absolute atomic E-state index is 4.85. The van der Waals surface area contributed by atoms with Gasteiger partial charge in [0.25, 0.3) is 0 Å².